The summed E-state index contributed by atoms with van der Waals surface area (Å²) >= 11 is 1.51. The molecule has 2 atom stereocenters. The zero-order valence-corrected chi connectivity index (χ0v) is 12.3. The molecule has 102 valence electrons. The zero-order chi connectivity index (χ0) is 14.2. The Morgan fingerprint density at radius 1 is 1.30 bits per heavy atom. The van der Waals surface area contributed by atoms with E-state index in [0.29, 0.717) is 6.42 Å². The molecule has 2 aromatic rings. The van der Waals surface area contributed by atoms with Crippen molar-refractivity contribution in [3.05, 3.63) is 57.8 Å². The van der Waals surface area contributed by atoms with Crippen molar-refractivity contribution in [1.82, 2.24) is 0 Å². The van der Waals surface area contributed by atoms with Crippen molar-refractivity contribution < 1.29 is 5.11 Å². The van der Waals surface area contributed by atoms with Crippen LogP contribution in [0.15, 0.2) is 41.8 Å². The fourth-order valence-corrected chi connectivity index (χ4v) is 4.19. The average Bonchev–Trinajstić information content (AvgIpc) is 3.01. The maximum absolute atomic E-state index is 11.2. The Hall–Kier alpha value is -1.63. The Bertz CT molecular complexity index is 654. The van der Waals surface area contributed by atoms with Crippen molar-refractivity contribution in [1.29, 1.82) is 5.26 Å². The summed E-state index contributed by atoms with van der Waals surface area (Å²) in [6, 6.07) is 14.3. The van der Waals surface area contributed by atoms with Gasteiger partial charge in [0.1, 0.15) is 11.0 Å². The molecule has 0 spiro atoms. The molecule has 1 N–H and O–H groups in total. The van der Waals surface area contributed by atoms with Crippen LogP contribution in [0.3, 0.4) is 0 Å². The molecule has 0 bridgehead atoms. The second-order valence-corrected chi connectivity index (χ2v) is 6.53. The Morgan fingerprint density at radius 2 is 2.10 bits per heavy atom. The van der Waals surface area contributed by atoms with Crippen molar-refractivity contribution in [3.63, 3.8) is 0 Å². The molecule has 20 heavy (non-hydrogen) atoms. The normalized spacial score (nSPS) is 24.4. The van der Waals surface area contributed by atoms with Gasteiger partial charge < -0.3 is 5.11 Å². The second-order valence-electron chi connectivity index (χ2n) is 5.58. The van der Waals surface area contributed by atoms with Crippen molar-refractivity contribution in [2.24, 2.45) is 0 Å². The number of fused-ring (bicyclic) bond motifs is 1. The Kier molecular flexibility index (Phi) is 3.16. The van der Waals surface area contributed by atoms with E-state index in [4.69, 9.17) is 0 Å². The van der Waals surface area contributed by atoms with Gasteiger partial charge >= 0.3 is 0 Å². The summed E-state index contributed by atoms with van der Waals surface area (Å²) < 4.78 is 0. The van der Waals surface area contributed by atoms with Crippen LogP contribution in [0.25, 0.3) is 0 Å². The largest absolute Gasteiger partial charge is 0.383 e. The Balaban J connectivity index is 2.22. The van der Waals surface area contributed by atoms with E-state index in [1.54, 1.807) is 6.92 Å². The summed E-state index contributed by atoms with van der Waals surface area (Å²) in [7, 11) is 0. The predicted octanol–water partition coefficient (Wildman–Crippen LogP) is 3.75. The molecule has 1 aromatic carbocycles. The number of rotatable bonds is 2. The van der Waals surface area contributed by atoms with Crippen molar-refractivity contribution in [3.8, 4) is 6.07 Å². The smallest absolute Gasteiger partial charge is 0.119 e. The summed E-state index contributed by atoms with van der Waals surface area (Å²) in [5.41, 5.74) is 0.170. The number of benzene rings is 1. The quantitative estimate of drug-likeness (QED) is 0.912. The molecule has 1 aliphatic carbocycles. The van der Waals surface area contributed by atoms with Crippen LogP contribution in [0.5, 0.6) is 0 Å². The highest BCUT2D eigenvalue weighted by Crippen LogP contribution is 2.50. The molecule has 0 radical (unpaired) electrons. The first-order valence-corrected chi connectivity index (χ1v) is 7.76. The van der Waals surface area contributed by atoms with Crippen molar-refractivity contribution in [2.45, 2.75) is 37.2 Å². The molecular formula is C17H17NOS. The molecule has 0 saturated heterocycles. The minimum Gasteiger partial charge on any atom is -0.383 e. The molecule has 1 aromatic heterocycles. The lowest BCUT2D eigenvalue weighted by Gasteiger charge is -2.43. The molecule has 2 nitrogen and oxygen atoms in total. The monoisotopic (exact) mass is 283 g/mol. The van der Waals surface area contributed by atoms with Gasteiger partial charge in [0.05, 0.1) is 6.07 Å². The van der Waals surface area contributed by atoms with Gasteiger partial charge in [0.25, 0.3) is 0 Å². The number of aliphatic hydroxyl groups is 1. The van der Waals surface area contributed by atoms with E-state index in [0.717, 1.165) is 23.3 Å². The molecule has 2 unspecified atom stereocenters. The van der Waals surface area contributed by atoms with Gasteiger partial charge in [-0.05, 0) is 48.8 Å². The van der Waals surface area contributed by atoms with Gasteiger partial charge in [-0.15, -0.1) is 11.3 Å². The number of hydrogen-bond acceptors (Lipinski definition) is 3. The summed E-state index contributed by atoms with van der Waals surface area (Å²) in [6.45, 7) is 1.78. The zero-order valence-electron chi connectivity index (χ0n) is 11.5. The third kappa shape index (κ3) is 1.72. The van der Waals surface area contributed by atoms with Crippen LogP contribution in [0, 0.1) is 11.3 Å². The predicted molar refractivity (Wildman–Crippen MR) is 80.6 cm³/mol. The van der Waals surface area contributed by atoms with Gasteiger partial charge in [0.2, 0.25) is 0 Å². The second kappa shape index (κ2) is 4.73. The van der Waals surface area contributed by atoms with Crippen LogP contribution in [0.2, 0.25) is 0 Å². The maximum atomic E-state index is 11.2. The molecule has 0 amide bonds. The third-order valence-electron chi connectivity index (χ3n) is 4.50. The SMILES string of the molecule is CC(O)(c1cccs1)C1(C#N)CCCc2ccccc21. The van der Waals surface area contributed by atoms with E-state index in [-0.39, 0.29) is 0 Å². The Labute approximate surface area is 123 Å². The fourth-order valence-electron chi connectivity index (χ4n) is 3.33. The first kappa shape index (κ1) is 13.4. The van der Waals surface area contributed by atoms with E-state index in [1.165, 1.54) is 16.9 Å². The van der Waals surface area contributed by atoms with Crippen molar-refractivity contribution in [2.75, 3.05) is 0 Å². The standard InChI is InChI=1S/C17H17NOS/c1-16(19,15-9-5-11-20-15)17(12-18)10-4-7-13-6-2-3-8-14(13)17/h2-3,5-6,8-9,11,19H,4,7,10H2,1H3. The van der Waals surface area contributed by atoms with Crippen LogP contribution in [-0.2, 0) is 17.4 Å². The lowest BCUT2D eigenvalue weighted by atomic mass is 9.61. The van der Waals surface area contributed by atoms with Crippen LogP contribution in [-0.4, -0.2) is 5.11 Å². The first-order valence-electron chi connectivity index (χ1n) is 6.88. The minimum atomic E-state index is -1.16. The lowest BCUT2D eigenvalue weighted by Crippen LogP contribution is -2.48. The summed E-state index contributed by atoms with van der Waals surface area (Å²) in [4.78, 5) is 0.857. The van der Waals surface area contributed by atoms with Gasteiger partial charge in [-0.2, -0.15) is 5.26 Å². The summed E-state index contributed by atoms with van der Waals surface area (Å²) in [6.07, 6.45) is 2.62. The molecule has 0 saturated carbocycles. The van der Waals surface area contributed by atoms with Gasteiger partial charge in [0, 0.05) is 4.88 Å². The van der Waals surface area contributed by atoms with Gasteiger partial charge in [0.15, 0.2) is 0 Å². The number of nitrogens with zero attached hydrogens (tertiary/aromatic N) is 1. The summed E-state index contributed by atoms with van der Waals surface area (Å²) in [5, 5.41) is 23.1. The van der Waals surface area contributed by atoms with Crippen LogP contribution >= 0.6 is 11.3 Å². The van der Waals surface area contributed by atoms with Gasteiger partial charge in [-0.1, -0.05) is 30.3 Å². The molecule has 1 heterocycles. The highest BCUT2D eigenvalue weighted by molar-refractivity contribution is 7.10. The van der Waals surface area contributed by atoms with Crippen molar-refractivity contribution >= 4 is 11.3 Å². The number of aryl methyl sites for hydroxylation is 1. The van der Waals surface area contributed by atoms with E-state index >= 15 is 0 Å². The number of hydrogen-bond donors (Lipinski definition) is 1. The summed E-state index contributed by atoms with van der Waals surface area (Å²) in [5.74, 6) is 0. The first-order chi connectivity index (χ1) is 9.62. The highest BCUT2D eigenvalue weighted by atomic mass is 32.1. The molecular weight excluding hydrogens is 266 g/mol. The van der Waals surface area contributed by atoms with Crippen LogP contribution < -0.4 is 0 Å². The molecule has 0 fully saturated rings. The molecule has 0 aliphatic heterocycles. The molecule has 1 aliphatic rings. The molecule has 3 rings (SSSR count). The van der Waals surface area contributed by atoms with Gasteiger partial charge in [-0.3, -0.25) is 0 Å². The van der Waals surface area contributed by atoms with Gasteiger partial charge in [-0.25, -0.2) is 0 Å². The maximum Gasteiger partial charge on any atom is 0.119 e. The third-order valence-corrected chi connectivity index (χ3v) is 5.58. The van der Waals surface area contributed by atoms with Crippen LogP contribution in [0.4, 0.5) is 0 Å². The van der Waals surface area contributed by atoms with E-state index in [2.05, 4.69) is 12.1 Å². The van der Waals surface area contributed by atoms with E-state index in [9.17, 15) is 10.4 Å². The minimum absolute atomic E-state index is 0.700. The number of thiophene rings is 1. The fraction of sp³-hybridized carbons (Fsp3) is 0.353. The topological polar surface area (TPSA) is 44.0 Å². The number of nitriles is 1. The van der Waals surface area contributed by atoms with Crippen LogP contribution in [0.1, 0.15) is 35.8 Å². The molecule has 3 heteroatoms. The average molecular weight is 283 g/mol. The highest BCUT2D eigenvalue weighted by Gasteiger charge is 2.52. The van der Waals surface area contributed by atoms with E-state index in [1.807, 2.05) is 35.7 Å². The lowest BCUT2D eigenvalue weighted by molar-refractivity contribution is -0.00855. The van der Waals surface area contributed by atoms with E-state index < -0.39 is 11.0 Å². The Morgan fingerprint density at radius 3 is 2.80 bits per heavy atom.